The van der Waals surface area contributed by atoms with E-state index in [1.54, 1.807) is 4.68 Å². The third-order valence-electron chi connectivity index (χ3n) is 2.38. The number of ether oxygens (including phenoxy) is 3. The van der Waals surface area contributed by atoms with Crippen molar-refractivity contribution in [1.29, 1.82) is 0 Å². The van der Waals surface area contributed by atoms with Gasteiger partial charge in [0.2, 0.25) is 0 Å². The van der Waals surface area contributed by atoms with E-state index in [-0.39, 0.29) is 12.3 Å². The van der Waals surface area contributed by atoms with Crippen LogP contribution in [-0.2, 0) is 27.4 Å². The van der Waals surface area contributed by atoms with Gasteiger partial charge in [0, 0.05) is 7.11 Å². The van der Waals surface area contributed by atoms with Gasteiger partial charge in [-0.05, 0) is 6.07 Å². The van der Waals surface area contributed by atoms with Crippen LogP contribution in [0.2, 0.25) is 0 Å². The number of carboxylic acid groups (broad SMARTS) is 1. The van der Waals surface area contributed by atoms with Crippen molar-refractivity contribution in [3.8, 4) is 12.3 Å². The molecule has 0 unspecified atom stereocenters. The molecule has 0 saturated heterocycles. The van der Waals surface area contributed by atoms with Crippen molar-refractivity contribution in [2.75, 3.05) is 33.5 Å². The molecule has 0 bridgehead atoms. The van der Waals surface area contributed by atoms with E-state index in [1.807, 2.05) is 0 Å². The molecular formula is C13H18N2O5. The second-order valence-electron chi connectivity index (χ2n) is 3.85. The Bertz CT molecular complexity index is 464. The Morgan fingerprint density at radius 3 is 2.85 bits per heavy atom. The summed E-state index contributed by atoms with van der Waals surface area (Å²) < 4.78 is 17.0. The molecule has 0 fully saturated rings. The molecular weight excluding hydrogens is 264 g/mol. The van der Waals surface area contributed by atoms with E-state index in [9.17, 15) is 4.79 Å². The summed E-state index contributed by atoms with van der Waals surface area (Å²) in [6.45, 7) is 2.26. The third kappa shape index (κ3) is 5.40. The van der Waals surface area contributed by atoms with Crippen LogP contribution in [0.3, 0.4) is 0 Å². The molecule has 1 rings (SSSR count). The minimum absolute atomic E-state index is 0.00518. The predicted octanol–water partition coefficient (Wildman–Crippen LogP) is 0.394. The van der Waals surface area contributed by atoms with Gasteiger partial charge in [0.05, 0.1) is 38.7 Å². The molecule has 0 aliphatic heterocycles. The Morgan fingerprint density at radius 1 is 1.45 bits per heavy atom. The number of aromatic carboxylic acids is 1. The molecule has 7 nitrogen and oxygen atoms in total. The maximum Gasteiger partial charge on any atom is 0.356 e. The van der Waals surface area contributed by atoms with Gasteiger partial charge in [0.1, 0.15) is 6.61 Å². The quantitative estimate of drug-likeness (QED) is 0.494. The highest BCUT2D eigenvalue weighted by molar-refractivity contribution is 5.85. The average molecular weight is 282 g/mol. The molecule has 0 aliphatic carbocycles. The first-order valence-corrected chi connectivity index (χ1v) is 6.07. The summed E-state index contributed by atoms with van der Waals surface area (Å²) >= 11 is 0. The zero-order chi connectivity index (χ0) is 14.8. The largest absolute Gasteiger partial charge is 0.476 e. The molecule has 0 atom stereocenters. The molecule has 1 heterocycles. The first-order chi connectivity index (χ1) is 9.69. The summed E-state index contributed by atoms with van der Waals surface area (Å²) in [6, 6.07) is 1.49. The van der Waals surface area contributed by atoms with Gasteiger partial charge in [-0.15, -0.1) is 6.42 Å². The number of carboxylic acids is 1. The van der Waals surface area contributed by atoms with E-state index in [4.69, 9.17) is 25.7 Å². The SMILES string of the molecule is C#CCOCCOCCn1nc(C(=O)O)cc1COC. The molecule has 7 heteroatoms. The number of carbonyl (C=O) groups is 1. The predicted molar refractivity (Wildman–Crippen MR) is 70.4 cm³/mol. The summed E-state index contributed by atoms with van der Waals surface area (Å²) in [5.41, 5.74) is 0.687. The van der Waals surface area contributed by atoms with Gasteiger partial charge in [0.25, 0.3) is 0 Å². The first kappa shape index (κ1) is 16.2. The highest BCUT2D eigenvalue weighted by atomic mass is 16.5. The lowest BCUT2D eigenvalue weighted by Crippen LogP contribution is -2.13. The molecule has 0 spiro atoms. The Labute approximate surface area is 117 Å². The number of hydrogen-bond donors (Lipinski definition) is 1. The maximum absolute atomic E-state index is 10.9. The lowest BCUT2D eigenvalue weighted by atomic mass is 10.3. The Hall–Kier alpha value is -1.88. The van der Waals surface area contributed by atoms with Gasteiger partial charge in [-0.3, -0.25) is 4.68 Å². The van der Waals surface area contributed by atoms with Gasteiger partial charge in [-0.1, -0.05) is 5.92 Å². The lowest BCUT2D eigenvalue weighted by Gasteiger charge is -2.07. The van der Waals surface area contributed by atoms with Crippen molar-refractivity contribution in [2.24, 2.45) is 0 Å². The first-order valence-electron chi connectivity index (χ1n) is 6.07. The highest BCUT2D eigenvalue weighted by Crippen LogP contribution is 2.06. The van der Waals surface area contributed by atoms with Gasteiger partial charge in [-0.25, -0.2) is 4.79 Å². The van der Waals surface area contributed by atoms with Crippen LogP contribution >= 0.6 is 0 Å². The van der Waals surface area contributed by atoms with Crippen molar-refractivity contribution >= 4 is 5.97 Å². The van der Waals surface area contributed by atoms with Crippen LogP contribution in [0.15, 0.2) is 6.07 Å². The molecule has 1 aromatic rings. The van der Waals surface area contributed by atoms with E-state index in [0.717, 1.165) is 0 Å². The number of aromatic nitrogens is 2. The zero-order valence-electron chi connectivity index (χ0n) is 11.4. The fraction of sp³-hybridized carbons (Fsp3) is 0.538. The average Bonchev–Trinajstić information content (AvgIpc) is 2.82. The van der Waals surface area contributed by atoms with Crippen molar-refractivity contribution in [1.82, 2.24) is 9.78 Å². The fourth-order valence-corrected chi connectivity index (χ4v) is 1.52. The van der Waals surface area contributed by atoms with Gasteiger partial charge < -0.3 is 19.3 Å². The molecule has 0 saturated carbocycles. The molecule has 20 heavy (non-hydrogen) atoms. The minimum Gasteiger partial charge on any atom is -0.476 e. The van der Waals surface area contributed by atoms with Gasteiger partial charge in [0.15, 0.2) is 5.69 Å². The molecule has 0 amide bonds. The minimum atomic E-state index is -1.07. The molecule has 110 valence electrons. The van der Waals surface area contributed by atoms with Crippen LogP contribution in [0.4, 0.5) is 0 Å². The van der Waals surface area contributed by atoms with Crippen molar-refractivity contribution in [2.45, 2.75) is 13.2 Å². The Balaban J connectivity index is 2.38. The van der Waals surface area contributed by atoms with E-state index in [2.05, 4.69) is 11.0 Å². The lowest BCUT2D eigenvalue weighted by molar-refractivity contribution is 0.0545. The summed E-state index contributed by atoms with van der Waals surface area (Å²) in [5.74, 6) is 1.29. The standard InChI is InChI=1S/C13H18N2O5/c1-3-5-19-7-8-20-6-4-15-11(10-18-2)9-12(14-15)13(16)17/h1,9H,4-8,10H2,2H3,(H,16,17). The zero-order valence-corrected chi connectivity index (χ0v) is 11.4. The second-order valence-corrected chi connectivity index (χ2v) is 3.85. The van der Waals surface area contributed by atoms with E-state index in [0.29, 0.717) is 38.7 Å². The number of terminal acetylenes is 1. The normalized spacial score (nSPS) is 10.4. The van der Waals surface area contributed by atoms with E-state index < -0.39 is 5.97 Å². The Kier molecular flexibility index (Phi) is 7.35. The van der Waals surface area contributed by atoms with Gasteiger partial charge >= 0.3 is 5.97 Å². The van der Waals surface area contributed by atoms with Crippen molar-refractivity contribution < 1.29 is 24.1 Å². The molecule has 1 aromatic heterocycles. The van der Waals surface area contributed by atoms with Crippen LogP contribution in [0.1, 0.15) is 16.2 Å². The number of nitrogens with zero attached hydrogens (tertiary/aromatic N) is 2. The van der Waals surface area contributed by atoms with Crippen molar-refractivity contribution in [3.05, 3.63) is 17.5 Å². The van der Waals surface area contributed by atoms with Crippen LogP contribution in [0.5, 0.6) is 0 Å². The molecule has 0 radical (unpaired) electrons. The van der Waals surface area contributed by atoms with Crippen molar-refractivity contribution in [3.63, 3.8) is 0 Å². The number of rotatable bonds is 10. The van der Waals surface area contributed by atoms with Gasteiger partial charge in [-0.2, -0.15) is 5.10 Å². The van der Waals surface area contributed by atoms with Crippen LogP contribution < -0.4 is 0 Å². The number of hydrogen-bond acceptors (Lipinski definition) is 5. The fourth-order valence-electron chi connectivity index (χ4n) is 1.52. The second kappa shape index (κ2) is 9.09. The van der Waals surface area contributed by atoms with Crippen LogP contribution in [0, 0.1) is 12.3 Å². The Morgan fingerprint density at radius 2 is 2.20 bits per heavy atom. The topological polar surface area (TPSA) is 82.8 Å². The smallest absolute Gasteiger partial charge is 0.356 e. The van der Waals surface area contributed by atoms with E-state index >= 15 is 0 Å². The maximum atomic E-state index is 10.9. The summed E-state index contributed by atoms with van der Waals surface area (Å²) in [7, 11) is 1.54. The summed E-state index contributed by atoms with van der Waals surface area (Å²) in [4.78, 5) is 10.9. The molecule has 0 aliphatic rings. The molecule has 0 aromatic carbocycles. The monoisotopic (exact) mass is 282 g/mol. The number of methoxy groups -OCH3 is 1. The summed E-state index contributed by atoms with van der Waals surface area (Å²) in [5, 5.41) is 12.9. The molecule has 1 N–H and O–H groups in total. The van der Waals surface area contributed by atoms with Crippen LogP contribution in [0.25, 0.3) is 0 Å². The third-order valence-corrected chi connectivity index (χ3v) is 2.38. The highest BCUT2D eigenvalue weighted by Gasteiger charge is 2.12. The van der Waals surface area contributed by atoms with E-state index in [1.165, 1.54) is 13.2 Å². The van der Waals surface area contributed by atoms with Crippen LogP contribution in [-0.4, -0.2) is 54.4 Å². The summed E-state index contributed by atoms with van der Waals surface area (Å²) in [6.07, 6.45) is 5.03.